The summed E-state index contributed by atoms with van der Waals surface area (Å²) in [6.45, 7) is 0. The van der Waals surface area contributed by atoms with Crippen molar-refractivity contribution in [3.8, 4) is 11.1 Å². The van der Waals surface area contributed by atoms with Crippen molar-refractivity contribution in [2.45, 2.75) is 6.42 Å². The van der Waals surface area contributed by atoms with Gasteiger partial charge in [-0.1, -0.05) is 64.5 Å². The molecule has 0 aliphatic carbocycles. The second kappa shape index (κ2) is 7.93. The van der Waals surface area contributed by atoms with Crippen molar-refractivity contribution < 1.29 is 9.72 Å². The number of amides is 1. The Morgan fingerprint density at radius 2 is 1.54 bits per heavy atom. The van der Waals surface area contributed by atoms with E-state index in [0.717, 1.165) is 10.0 Å². The first kappa shape index (κ1) is 17.8. The second-order valence-electron chi connectivity index (χ2n) is 5.64. The van der Waals surface area contributed by atoms with Crippen LogP contribution in [0.4, 0.5) is 11.4 Å². The Balaban J connectivity index is 1.90. The maximum absolute atomic E-state index is 12.5. The van der Waals surface area contributed by atoms with E-state index in [2.05, 4.69) is 21.2 Å². The van der Waals surface area contributed by atoms with E-state index in [1.807, 2.05) is 24.3 Å². The van der Waals surface area contributed by atoms with Gasteiger partial charge in [0.05, 0.1) is 16.9 Å². The molecule has 5 nitrogen and oxygen atoms in total. The summed E-state index contributed by atoms with van der Waals surface area (Å²) in [6.07, 6.45) is 0.201. The van der Waals surface area contributed by atoms with Gasteiger partial charge in [-0.25, -0.2) is 0 Å². The van der Waals surface area contributed by atoms with E-state index in [-0.39, 0.29) is 18.0 Å². The summed E-state index contributed by atoms with van der Waals surface area (Å²) in [4.78, 5) is 23.4. The SMILES string of the molecule is O=C(Cc1ccccc1Br)Nc1ccccc1-c1ccccc1[N+](=O)[O-]. The van der Waals surface area contributed by atoms with E-state index < -0.39 is 4.92 Å². The van der Waals surface area contributed by atoms with Gasteiger partial charge in [-0.3, -0.25) is 14.9 Å². The number of halogens is 1. The predicted molar refractivity (Wildman–Crippen MR) is 105 cm³/mol. The molecule has 6 heteroatoms. The zero-order valence-corrected chi connectivity index (χ0v) is 15.3. The minimum Gasteiger partial charge on any atom is -0.325 e. The zero-order chi connectivity index (χ0) is 18.5. The molecule has 0 aliphatic heterocycles. The molecule has 3 rings (SSSR count). The number of rotatable bonds is 5. The number of nitrogens with zero attached hydrogens (tertiary/aromatic N) is 1. The molecule has 0 unspecified atom stereocenters. The monoisotopic (exact) mass is 410 g/mol. The summed E-state index contributed by atoms with van der Waals surface area (Å²) >= 11 is 3.43. The quantitative estimate of drug-likeness (QED) is 0.463. The van der Waals surface area contributed by atoms with Gasteiger partial charge in [-0.05, 0) is 23.8 Å². The third-order valence-corrected chi connectivity index (χ3v) is 4.67. The van der Waals surface area contributed by atoms with E-state index in [9.17, 15) is 14.9 Å². The zero-order valence-electron chi connectivity index (χ0n) is 13.7. The normalized spacial score (nSPS) is 10.3. The van der Waals surface area contributed by atoms with Crippen molar-refractivity contribution >= 4 is 33.2 Å². The van der Waals surface area contributed by atoms with E-state index >= 15 is 0 Å². The number of nitro benzene ring substituents is 1. The fourth-order valence-electron chi connectivity index (χ4n) is 2.70. The summed E-state index contributed by atoms with van der Waals surface area (Å²) in [5.74, 6) is -0.192. The Morgan fingerprint density at radius 3 is 2.27 bits per heavy atom. The van der Waals surface area contributed by atoms with Crippen molar-refractivity contribution in [2.75, 3.05) is 5.32 Å². The molecule has 3 aromatic carbocycles. The number of benzene rings is 3. The number of nitrogens with one attached hydrogen (secondary N) is 1. The van der Waals surface area contributed by atoms with Crippen LogP contribution in [-0.4, -0.2) is 10.8 Å². The van der Waals surface area contributed by atoms with Crippen LogP contribution in [0.15, 0.2) is 77.3 Å². The van der Waals surface area contributed by atoms with Crippen LogP contribution in [0.2, 0.25) is 0 Å². The van der Waals surface area contributed by atoms with Gasteiger partial charge in [0.1, 0.15) is 0 Å². The van der Waals surface area contributed by atoms with Gasteiger partial charge in [0.15, 0.2) is 0 Å². The predicted octanol–water partition coefficient (Wildman–Crippen LogP) is 5.21. The number of anilines is 1. The van der Waals surface area contributed by atoms with Gasteiger partial charge < -0.3 is 5.32 Å². The van der Waals surface area contributed by atoms with E-state index in [1.165, 1.54) is 6.07 Å². The summed E-state index contributed by atoms with van der Waals surface area (Å²) in [7, 11) is 0. The van der Waals surface area contributed by atoms with Crippen LogP contribution in [0.3, 0.4) is 0 Å². The highest BCUT2D eigenvalue weighted by Crippen LogP contribution is 2.34. The second-order valence-corrected chi connectivity index (χ2v) is 6.49. The molecule has 0 atom stereocenters. The first-order chi connectivity index (χ1) is 12.6. The van der Waals surface area contributed by atoms with Crippen LogP contribution in [0.25, 0.3) is 11.1 Å². The van der Waals surface area contributed by atoms with Crippen molar-refractivity contribution in [3.63, 3.8) is 0 Å². The summed E-state index contributed by atoms with van der Waals surface area (Å²) in [5, 5.41) is 14.2. The molecule has 0 radical (unpaired) electrons. The molecule has 0 aliphatic rings. The van der Waals surface area contributed by atoms with Gasteiger partial charge in [0, 0.05) is 21.8 Å². The Labute approximate surface area is 159 Å². The maximum atomic E-state index is 12.5. The number of hydrogen-bond acceptors (Lipinski definition) is 3. The molecular weight excluding hydrogens is 396 g/mol. The number of carbonyl (C=O) groups is 1. The van der Waals surface area contributed by atoms with Crippen molar-refractivity contribution in [2.24, 2.45) is 0 Å². The molecule has 0 bridgehead atoms. The van der Waals surface area contributed by atoms with Gasteiger partial charge in [-0.15, -0.1) is 0 Å². The summed E-state index contributed by atoms with van der Waals surface area (Å²) in [6, 6.07) is 21.1. The maximum Gasteiger partial charge on any atom is 0.277 e. The molecule has 3 aromatic rings. The average Bonchev–Trinajstić information content (AvgIpc) is 2.64. The lowest BCUT2D eigenvalue weighted by Gasteiger charge is -2.12. The lowest BCUT2D eigenvalue weighted by Crippen LogP contribution is -2.15. The fraction of sp³-hybridized carbons (Fsp3) is 0.0500. The van der Waals surface area contributed by atoms with Crippen LogP contribution in [0, 0.1) is 10.1 Å². The minimum atomic E-state index is -0.422. The lowest BCUT2D eigenvalue weighted by atomic mass is 10.0. The smallest absolute Gasteiger partial charge is 0.277 e. The van der Waals surface area contributed by atoms with Crippen LogP contribution in [-0.2, 0) is 11.2 Å². The molecule has 1 N–H and O–H groups in total. The largest absolute Gasteiger partial charge is 0.325 e. The van der Waals surface area contributed by atoms with Crippen molar-refractivity contribution in [1.82, 2.24) is 0 Å². The van der Waals surface area contributed by atoms with Crippen molar-refractivity contribution in [1.29, 1.82) is 0 Å². The highest BCUT2D eigenvalue weighted by molar-refractivity contribution is 9.10. The third-order valence-electron chi connectivity index (χ3n) is 3.90. The summed E-state index contributed by atoms with van der Waals surface area (Å²) < 4.78 is 0.863. The van der Waals surface area contributed by atoms with Crippen LogP contribution in [0.1, 0.15) is 5.56 Å². The van der Waals surface area contributed by atoms with Gasteiger partial charge in [-0.2, -0.15) is 0 Å². The van der Waals surface area contributed by atoms with Crippen LogP contribution >= 0.6 is 15.9 Å². The summed E-state index contributed by atoms with van der Waals surface area (Å²) in [5.41, 5.74) is 2.49. The number of nitro groups is 1. The van der Waals surface area contributed by atoms with Crippen molar-refractivity contribution in [3.05, 3.63) is 92.9 Å². The number of hydrogen-bond donors (Lipinski definition) is 1. The Morgan fingerprint density at radius 1 is 0.923 bits per heavy atom. The van der Waals surface area contributed by atoms with E-state index in [0.29, 0.717) is 16.8 Å². The van der Waals surface area contributed by atoms with Gasteiger partial charge in [0.25, 0.3) is 5.69 Å². The highest BCUT2D eigenvalue weighted by Gasteiger charge is 2.17. The molecule has 0 fully saturated rings. The topological polar surface area (TPSA) is 72.2 Å². The van der Waals surface area contributed by atoms with Gasteiger partial charge >= 0.3 is 0 Å². The molecule has 26 heavy (non-hydrogen) atoms. The lowest BCUT2D eigenvalue weighted by molar-refractivity contribution is -0.384. The van der Waals surface area contributed by atoms with Crippen LogP contribution < -0.4 is 5.32 Å². The molecule has 0 saturated heterocycles. The number of para-hydroxylation sites is 2. The molecule has 0 heterocycles. The van der Waals surface area contributed by atoms with E-state index in [1.54, 1.807) is 42.5 Å². The molecule has 0 spiro atoms. The molecule has 0 aromatic heterocycles. The van der Waals surface area contributed by atoms with Crippen LogP contribution in [0.5, 0.6) is 0 Å². The Kier molecular flexibility index (Phi) is 5.43. The average molecular weight is 411 g/mol. The standard InChI is InChI=1S/C20H15BrN2O3/c21-17-10-4-1-7-14(17)13-20(24)22-18-11-5-2-8-15(18)16-9-3-6-12-19(16)23(25)26/h1-12H,13H2,(H,22,24). The Hall–Kier alpha value is -2.99. The van der Waals surface area contributed by atoms with Gasteiger partial charge in [0.2, 0.25) is 5.91 Å². The third kappa shape index (κ3) is 3.97. The molecule has 0 saturated carbocycles. The number of carbonyl (C=O) groups excluding carboxylic acids is 1. The first-order valence-corrected chi connectivity index (χ1v) is 8.71. The molecule has 1 amide bonds. The minimum absolute atomic E-state index is 0.00000259. The molecule has 130 valence electrons. The fourth-order valence-corrected chi connectivity index (χ4v) is 3.12. The molecular formula is C20H15BrN2O3. The first-order valence-electron chi connectivity index (χ1n) is 7.92. The van der Waals surface area contributed by atoms with E-state index in [4.69, 9.17) is 0 Å². The Bertz CT molecular complexity index is 973. The highest BCUT2D eigenvalue weighted by atomic mass is 79.9.